The molecule has 0 saturated heterocycles. The Kier molecular flexibility index (Phi) is 32.9. The van der Waals surface area contributed by atoms with E-state index in [4.69, 9.17) is 18.5 Å². The Morgan fingerprint density at radius 1 is 0.542 bits per heavy atom. The molecule has 1 saturated carbocycles. The molecule has 342 valence electrons. The fourth-order valence-corrected chi connectivity index (χ4v) is 7.50. The maximum absolute atomic E-state index is 12.8. The number of aliphatic hydroxyl groups excluding tert-OH is 5. The molecule has 0 aromatic rings. The molecule has 1 fully saturated rings. The third kappa shape index (κ3) is 28.1. The van der Waals surface area contributed by atoms with E-state index >= 15 is 0 Å². The predicted molar refractivity (Wildman–Crippen MR) is 230 cm³/mol. The molecule has 1 aliphatic carbocycles. The summed E-state index contributed by atoms with van der Waals surface area (Å²) in [5.41, 5.74) is 0. The number of carbonyl (C=O) groups is 2. The first-order valence-electron chi connectivity index (χ1n) is 22.4. The SMILES string of the molecule is CC/C=C/C/C=C/C/C=C/CCCCCCCC(=O)O[C@H](COC(=O)CCCCCCC/C=C/CCCCCCCC)COP(=O)(O)OC1C(O)C(O)C(O)[C@@H](O)C1O. The third-order valence-electron chi connectivity index (χ3n) is 10.2. The molecule has 0 bridgehead atoms. The maximum atomic E-state index is 12.8. The Balaban J connectivity index is 2.49. The predicted octanol–water partition coefficient (Wildman–Crippen LogP) is 8.39. The average Bonchev–Trinajstić information content (AvgIpc) is 3.21. The number of phosphoric ester groups is 1. The van der Waals surface area contributed by atoms with E-state index < -0.39 is 75.7 Å². The molecule has 0 heterocycles. The molecule has 13 nitrogen and oxygen atoms in total. The lowest BCUT2D eigenvalue weighted by atomic mass is 9.85. The van der Waals surface area contributed by atoms with Gasteiger partial charge in [0.25, 0.3) is 0 Å². The summed E-state index contributed by atoms with van der Waals surface area (Å²) < 4.78 is 33.5. The molecule has 6 unspecified atom stereocenters. The Morgan fingerprint density at radius 3 is 1.49 bits per heavy atom. The van der Waals surface area contributed by atoms with Crippen LogP contribution >= 0.6 is 7.82 Å². The zero-order chi connectivity index (χ0) is 43.6. The Labute approximate surface area is 354 Å². The summed E-state index contributed by atoms with van der Waals surface area (Å²) in [5.74, 6) is -1.13. The molecule has 14 heteroatoms. The Bertz CT molecular complexity index is 1220. The first-order chi connectivity index (χ1) is 28.4. The molecule has 0 amide bonds. The fraction of sp³-hybridized carbons (Fsp3) is 0.778. The van der Waals surface area contributed by atoms with Gasteiger partial charge in [-0.2, -0.15) is 0 Å². The van der Waals surface area contributed by atoms with Gasteiger partial charge >= 0.3 is 19.8 Å². The minimum atomic E-state index is -5.12. The van der Waals surface area contributed by atoms with Gasteiger partial charge in [0.15, 0.2) is 6.10 Å². The monoisotopic (exact) mass is 859 g/mol. The number of phosphoric acid groups is 1. The Morgan fingerprint density at radius 2 is 0.966 bits per heavy atom. The van der Waals surface area contributed by atoms with Crippen molar-refractivity contribution in [1.82, 2.24) is 0 Å². The van der Waals surface area contributed by atoms with Crippen LogP contribution in [0.15, 0.2) is 48.6 Å². The van der Waals surface area contributed by atoms with Gasteiger partial charge in [-0.3, -0.25) is 18.6 Å². The number of carbonyl (C=O) groups excluding carboxylic acids is 2. The number of hydrogen-bond donors (Lipinski definition) is 6. The molecule has 1 rings (SSSR count). The average molecular weight is 859 g/mol. The van der Waals surface area contributed by atoms with Crippen LogP contribution in [0.2, 0.25) is 0 Å². The topological polar surface area (TPSA) is 210 Å². The van der Waals surface area contributed by atoms with Crippen LogP contribution in [0, 0.1) is 0 Å². The first-order valence-corrected chi connectivity index (χ1v) is 23.9. The zero-order valence-electron chi connectivity index (χ0n) is 36.0. The summed E-state index contributed by atoms with van der Waals surface area (Å²) in [6.45, 7) is 3.15. The van der Waals surface area contributed by atoms with E-state index in [0.717, 1.165) is 89.9 Å². The van der Waals surface area contributed by atoms with Crippen molar-refractivity contribution < 1.29 is 63.1 Å². The zero-order valence-corrected chi connectivity index (χ0v) is 36.9. The highest BCUT2D eigenvalue weighted by Gasteiger charge is 2.51. The molecular weight excluding hydrogens is 779 g/mol. The highest BCUT2D eigenvalue weighted by Crippen LogP contribution is 2.47. The lowest BCUT2D eigenvalue weighted by molar-refractivity contribution is -0.220. The normalized spacial score (nSPS) is 22.8. The number of esters is 2. The molecule has 8 atom stereocenters. The van der Waals surface area contributed by atoms with E-state index in [1.165, 1.54) is 38.5 Å². The van der Waals surface area contributed by atoms with Gasteiger partial charge in [-0.15, -0.1) is 0 Å². The van der Waals surface area contributed by atoms with Gasteiger partial charge in [0.05, 0.1) is 6.61 Å². The van der Waals surface area contributed by atoms with Crippen LogP contribution in [0.5, 0.6) is 0 Å². The maximum Gasteiger partial charge on any atom is 0.472 e. The Hall–Kier alpha value is -2.19. The number of unbranched alkanes of at least 4 members (excludes halogenated alkanes) is 16. The van der Waals surface area contributed by atoms with Gasteiger partial charge in [0.1, 0.15) is 43.2 Å². The molecule has 0 aromatic carbocycles. The molecule has 0 radical (unpaired) electrons. The fourth-order valence-electron chi connectivity index (χ4n) is 6.53. The number of hydrogen-bond acceptors (Lipinski definition) is 12. The quantitative estimate of drug-likeness (QED) is 0.0152. The highest BCUT2D eigenvalue weighted by molar-refractivity contribution is 7.47. The van der Waals surface area contributed by atoms with Gasteiger partial charge in [0, 0.05) is 12.8 Å². The summed E-state index contributed by atoms with van der Waals surface area (Å²) in [6.07, 6.45) is 27.4. The number of aliphatic hydroxyl groups is 5. The third-order valence-corrected chi connectivity index (χ3v) is 11.1. The molecular formula is C45H79O13P. The van der Waals surface area contributed by atoms with E-state index in [0.29, 0.717) is 12.8 Å². The second kappa shape index (κ2) is 35.4. The van der Waals surface area contributed by atoms with E-state index in [9.17, 15) is 44.6 Å². The minimum absolute atomic E-state index is 0.0743. The van der Waals surface area contributed by atoms with Gasteiger partial charge in [-0.1, -0.05) is 133 Å². The second-order valence-corrected chi connectivity index (χ2v) is 16.9. The lowest BCUT2D eigenvalue weighted by Crippen LogP contribution is -2.64. The minimum Gasteiger partial charge on any atom is -0.462 e. The number of ether oxygens (including phenoxy) is 2. The van der Waals surface area contributed by atoms with Gasteiger partial charge < -0.3 is 39.9 Å². The van der Waals surface area contributed by atoms with Crippen LogP contribution in [0.25, 0.3) is 0 Å². The van der Waals surface area contributed by atoms with Crippen molar-refractivity contribution in [2.45, 2.75) is 211 Å². The van der Waals surface area contributed by atoms with Crippen molar-refractivity contribution in [2.24, 2.45) is 0 Å². The van der Waals surface area contributed by atoms with Crippen LogP contribution in [0.3, 0.4) is 0 Å². The summed E-state index contributed by atoms with van der Waals surface area (Å²) in [5, 5.41) is 50.1. The van der Waals surface area contributed by atoms with Crippen molar-refractivity contribution in [3.63, 3.8) is 0 Å². The van der Waals surface area contributed by atoms with Gasteiger partial charge in [-0.05, 0) is 70.6 Å². The van der Waals surface area contributed by atoms with Crippen LogP contribution < -0.4 is 0 Å². The molecule has 0 aromatic heterocycles. The largest absolute Gasteiger partial charge is 0.472 e. The highest BCUT2D eigenvalue weighted by atomic mass is 31.2. The van der Waals surface area contributed by atoms with Crippen molar-refractivity contribution in [3.05, 3.63) is 48.6 Å². The van der Waals surface area contributed by atoms with Crippen molar-refractivity contribution in [3.8, 4) is 0 Å². The molecule has 6 N–H and O–H groups in total. The molecule has 0 spiro atoms. The van der Waals surface area contributed by atoms with Gasteiger partial charge in [-0.25, -0.2) is 4.57 Å². The lowest BCUT2D eigenvalue weighted by Gasteiger charge is -2.41. The van der Waals surface area contributed by atoms with Crippen LogP contribution in [-0.2, 0) is 32.7 Å². The summed E-state index contributed by atoms with van der Waals surface area (Å²) >= 11 is 0. The smallest absolute Gasteiger partial charge is 0.462 e. The van der Waals surface area contributed by atoms with Crippen LogP contribution in [-0.4, -0.2) is 98.3 Å². The van der Waals surface area contributed by atoms with Crippen molar-refractivity contribution in [1.29, 1.82) is 0 Å². The summed E-state index contributed by atoms with van der Waals surface area (Å²) in [7, 11) is -5.12. The molecule has 1 aliphatic rings. The number of rotatable bonds is 36. The summed E-state index contributed by atoms with van der Waals surface area (Å²) in [4.78, 5) is 35.6. The van der Waals surface area contributed by atoms with E-state index in [2.05, 4.69) is 62.5 Å². The van der Waals surface area contributed by atoms with Gasteiger partial charge in [0.2, 0.25) is 0 Å². The second-order valence-electron chi connectivity index (χ2n) is 15.5. The summed E-state index contributed by atoms with van der Waals surface area (Å²) in [6, 6.07) is 0. The molecule has 59 heavy (non-hydrogen) atoms. The van der Waals surface area contributed by atoms with Crippen molar-refractivity contribution >= 4 is 19.8 Å². The van der Waals surface area contributed by atoms with Crippen LogP contribution in [0.4, 0.5) is 0 Å². The van der Waals surface area contributed by atoms with E-state index in [1.807, 2.05) is 0 Å². The van der Waals surface area contributed by atoms with Crippen molar-refractivity contribution in [2.75, 3.05) is 13.2 Å². The molecule has 0 aliphatic heterocycles. The van der Waals surface area contributed by atoms with Crippen LogP contribution in [0.1, 0.15) is 168 Å². The standard InChI is InChI=1S/C45H79O13P/c1-3-5-7-9-11-13-15-17-19-21-23-25-27-29-31-33-38(46)55-35-37(36-56-59(53,54)58-45-43(51)41(49)40(48)42(50)44(45)52)57-39(47)34-32-30-28-26-24-22-20-18-16-14-12-10-8-6-4-2/h6,8,12,14,17-20,37,40-45,48-52H,3-5,7,9-11,13,15-16,21-36H2,1-2H3,(H,53,54)/b8-6+,14-12+,19-17+,20-18+/t37-,40?,41-,42?,43?,44?,45?/m1/s1. The van der Waals surface area contributed by atoms with E-state index in [1.54, 1.807) is 0 Å². The van der Waals surface area contributed by atoms with E-state index in [-0.39, 0.29) is 12.8 Å². The number of allylic oxidation sites excluding steroid dienone is 8. The first kappa shape index (κ1) is 54.8.